The third kappa shape index (κ3) is 3.11. The van der Waals surface area contributed by atoms with Crippen LogP contribution in [0.15, 0.2) is 0 Å². The first-order valence-electron chi connectivity index (χ1n) is 6.87. The molecular weight excluding hydrogens is 262 g/mol. The fraction of sp³-hybridized carbons (Fsp3) is 0.786. The first-order valence-corrected chi connectivity index (χ1v) is 6.87. The van der Waals surface area contributed by atoms with E-state index in [1.54, 1.807) is 27.7 Å². The van der Waals surface area contributed by atoms with E-state index in [-0.39, 0.29) is 12.5 Å². The summed E-state index contributed by atoms with van der Waals surface area (Å²) in [4.78, 5) is 36.4. The molecule has 0 aliphatic heterocycles. The Hall–Kier alpha value is -1.59. The van der Waals surface area contributed by atoms with Crippen LogP contribution < -0.4 is 0 Å². The van der Waals surface area contributed by atoms with Gasteiger partial charge in [-0.1, -0.05) is 13.3 Å². The molecule has 1 aliphatic rings. The molecule has 0 bridgehead atoms. The Morgan fingerprint density at radius 3 is 2.30 bits per heavy atom. The number of hydrogen-bond acceptors (Lipinski definition) is 5. The lowest BCUT2D eigenvalue weighted by molar-refractivity contribution is -0.154. The van der Waals surface area contributed by atoms with E-state index in [0.717, 1.165) is 4.90 Å². The molecule has 0 aromatic heterocycles. The van der Waals surface area contributed by atoms with Gasteiger partial charge in [0.25, 0.3) is 0 Å². The Kier molecular flexibility index (Phi) is 4.78. The van der Waals surface area contributed by atoms with Gasteiger partial charge in [0.2, 0.25) is 6.41 Å². The van der Waals surface area contributed by atoms with E-state index in [1.165, 1.54) is 0 Å². The van der Waals surface area contributed by atoms with Gasteiger partial charge in [0, 0.05) is 0 Å². The second-order valence-corrected chi connectivity index (χ2v) is 5.91. The Morgan fingerprint density at radius 2 is 1.95 bits per heavy atom. The molecule has 114 valence electrons. The highest BCUT2D eigenvalue weighted by Crippen LogP contribution is 2.51. The number of carbonyl (C=O) groups excluding carboxylic acids is 3. The summed E-state index contributed by atoms with van der Waals surface area (Å²) >= 11 is 0. The van der Waals surface area contributed by atoms with Crippen molar-refractivity contribution in [2.45, 2.75) is 58.6 Å². The van der Waals surface area contributed by atoms with Crippen molar-refractivity contribution in [3.63, 3.8) is 0 Å². The number of esters is 1. The van der Waals surface area contributed by atoms with E-state index in [4.69, 9.17) is 9.47 Å². The van der Waals surface area contributed by atoms with Crippen molar-refractivity contribution < 1.29 is 23.9 Å². The van der Waals surface area contributed by atoms with Crippen molar-refractivity contribution >= 4 is 18.5 Å². The van der Waals surface area contributed by atoms with Crippen LogP contribution in [-0.2, 0) is 19.1 Å². The smallest absolute Gasteiger partial charge is 0.417 e. The number of hydrogen-bond donors (Lipinski definition) is 0. The summed E-state index contributed by atoms with van der Waals surface area (Å²) in [5, 5.41) is 0. The van der Waals surface area contributed by atoms with Crippen molar-refractivity contribution in [2.24, 2.45) is 5.92 Å². The third-order valence-corrected chi connectivity index (χ3v) is 3.32. The van der Waals surface area contributed by atoms with E-state index >= 15 is 0 Å². The zero-order valence-electron chi connectivity index (χ0n) is 12.8. The molecule has 1 aliphatic carbocycles. The van der Waals surface area contributed by atoms with Gasteiger partial charge < -0.3 is 9.47 Å². The molecule has 2 atom stereocenters. The maximum atomic E-state index is 12.1. The predicted molar refractivity (Wildman–Crippen MR) is 71.9 cm³/mol. The van der Waals surface area contributed by atoms with E-state index in [1.807, 2.05) is 6.92 Å². The molecule has 1 saturated carbocycles. The molecule has 6 nitrogen and oxygen atoms in total. The summed E-state index contributed by atoms with van der Waals surface area (Å²) < 4.78 is 10.2. The number of imide groups is 1. The van der Waals surface area contributed by atoms with Crippen molar-refractivity contribution in [3.8, 4) is 0 Å². The molecule has 0 N–H and O–H groups in total. The molecule has 0 aromatic rings. The average Bonchev–Trinajstić information content (AvgIpc) is 3.03. The van der Waals surface area contributed by atoms with Crippen LogP contribution in [0.4, 0.5) is 4.79 Å². The lowest BCUT2D eigenvalue weighted by Gasteiger charge is -2.29. The zero-order valence-corrected chi connectivity index (χ0v) is 12.8. The highest BCUT2D eigenvalue weighted by Gasteiger charge is 2.66. The molecule has 20 heavy (non-hydrogen) atoms. The quantitative estimate of drug-likeness (QED) is 0.571. The van der Waals surface area contributed by atoms with Gasteiger partial charge in [-0.2, -0.15) is 0 Å². The number of rotatable bonds is 5. The Balaban J connectivity index is 2.98. The molecule has 1 rings (SSSR count). The van der Waals surface area contributed by atoms with Gasteiger partial charge in [-0.15, -0.1) is 0 Å². The summed E-state index contributed by atoms with van der Waals surface area (Å²) in [6.45, 7) is 8.91. The summed E-state index contributed by atoms with van der Waals surface area (Å²) in [5.74, 6) is -0.607. The fourth-order valence-corrected chi connectivity index (χ4v) is 2.31. The number of ether oxygens (including phenoxy) is 2. The van der Waals surface area contributed by atoms with Crippen LogP contribution in [0.3, 0.4) is 0 Å². The Morgan fingerprint density at radius 1 is 1.35 bits per heavy atom. The summed E-state index contributed by atoms with van der Waals surface area (Å²) in [6.07, 6.45) is 0.670. The molecule has 0 radical (unpaired) electrons. The molecule has 1 fully saturated rings. The van der Waals surface area contributed by atoms with Crippen LogP contribution in [-0.4, -0.2) is 41.1 Å². The minimum absolute atomic E-state index is 0.0701. The van der Waals surface area contributed by atoms with E-state index in [2.05, 4.69) is 0 Å². The minimum Gasteiger partial charge on any atom is -0.464 e. The van der Waals surface area contributed by atoms with Gasteiger partial charge in [0.15, 0.2) is 5.54 Å². The van der Waals surface area contributed by atoms with Gasteiger partial charge in [0.1, 0.15) is 5.60 Å². The average molecular weight is 285 g/mol. The van der Waals surface area contributed by atoms with Gasteiger partial charge in [-0.25, -0.2) is 14.5 Å². The van der Waals surface area contributed by atoms with E-state index in [0.29, 0.717) is 19.3 Å². The van der Waals surface area contributed by atoms with Gasteiger partial charge in [0.05, 0.1) is 6.61 Å². The summed E-state index contributed by atoms with van der Waals surface area (Å²) in [6, 6.07) is 0. The lowest BCUT2D eigenvalue weighted by atomic mass is 10.1. The van der Waals surface area contributed by atoms with Crippen molar-refractivity contribution in [2.75, 3.05) is 6.61 Å². The molecular formula is C14H23NO5. The monoisotopic (exact) mass is 285 g/mol. The molecule has 0 saturated heterocycles. The highest BCUT2D eigenvalue weighted by molar-refractivity contribution is 5.95. The van der Waals surface area contributed by atoms with Crippen LogP contribution in [0, 0.1) is 5.92 Å². The number of nitrogens with zero attached hydrogens (tertiary/aromatic N) is 1. The van der Waals surface area contributed by atoms with Crippen LogP contribution in [0.5, 0.6) is 0 Å². The first-order chi connectivity index (χ1) is 9.22. The van der Waals surface area contributed by atoms with Gasteiger partial charge >= 0.3 is 12.1 Å². The molecule has 0 heterocycles. The number of carbonyl (C=O) groups is 3. The Bertz CT molecular complexity index is 401. The lowest BCUT2D eigenvalue weighted by Crippen LogP contribution is -2.50. The predicted octanol–water partition coefficient (Wildman–Crippen LogP) is 2.11. The van der Waals surface area contributed by atoms with Crippen molar-refractivity contribution in [3.05, 3.63) is 0 Å². The van der Waals surface area contributed by atoms with Gasteiger partial charge in [-0.05, 0) is 40.0 Å². The maximum absolute atomic E-state index is 12.1. The second kappa shape index (κ2) is 5.81. The van der Waals surface area contributed by atoms with E-state index in [9.17, 15) is 14.4 Å². The van der Waals surface area contributed by atoms with Crippen LogP contribution in [0.25, 0.3) is 0 Å². The third-order valence-electron chi connectivity index (χ3n) is 3.32. The largest absolute Gasteiger partial charge is 0.464 e. The molecule has 2 amide bonds. The van der Waals surface area contributed by atoms with Crippen molar-refractivity contribution in [1.82, 2.24) is 4.90 Å². The number of amides is 2. The normalized spacial score (nSPS) is 24.8. The summed E-state index contributed by atoms with van der Waals surface area (Å²) in [7, 11) is 0. The molecule has 6 heteroatoms. The van der Waals surface area contributed by atoms with Crippen molar-refractivity contribution in [1.29, 1.82) is 0 Å². The highest BCUT2D eigenvalue weighted by atomic mass is 16.6. The minimum atomic E-state index is -1.19. The maximum Gasteiger partial charge on any atom is 0.417 e. The Labute approximate surface area is 119 Å². The molecule has 0 spiro atoms. The van der Waals surface area contributed by atoms with Crippen LogP contribution in [0.1, 0.15) is 47.5 Å². The SMILES string of the molecule is CCOC(=O)C1(N(C=O)C(=O)OC(C)(C)C)CC1CC. The van der Waals surface area contributed by atoms with Crippen LogP contribution >= 0.6 is 0 Å². The zero-order chi connectivity index (χ0) is 15.6. The van der Waals surface area contributed by atoms with Gasteiger partial charge in [-0.3, -0.25) is 4.79 Å². The molecule has 2 unspecified atom stereocenters. The summed E-state index contributed by atoms with van der Waals surface area (Å²) in [5.41, 5.74) is -1.92. The first kappa shape index (κ1) is 16.5. The molecule has 0 aromatic carbocycles. The fourth-order valence-electron chi connectivity index (χ4n) is 2.31. The van der Waals surface area contributed by atoms with Crippen LogP contribution in [0.2, 0.25) is 0 Å². The standard InChI is InChI=1S/C14H23NO5/c1-6-10-8-14(10,11(17)19-7-2)15(9-16)12(18)20-13(3,4)5/h9-10H,6-8H2,1-5H3. The second-order valence-electron chi connectivity index (χ2n) is 5.91. The topological polar surface area (TPSA) is 72.9 Å². The van der Waals surface area contributed by atoms with E-state index < -0.39 is 23.2 Å².